The molecule has 0 unspecified atom stereocenters. The molecule has 0 atom stereocenters. The van der Waals surface area contributed by atoms with Crippen LogP contribution in [-0.4, -0.2) is 4.98 Å². The van der Waals surface area contributed by atoms with Crippen molar-refractivity contribution in [1.29, 1.82) is 0 Å². The highest BCUT2D eigenvalue weighted by Gasteiger charge is 2.62. The Morgan fingerprint density at radius 1 is 1.07 bits per heavy atom. The van der Waals surface area contributed by atoms with Crippen molar-refractivity contribution in [2.45, 2.75) is 43.9 Å². The van der Waals surface area contributed by atoms with Crippen molar-refractivity contribution in [3.63, 3.8) is 0 Å². The van der Waals surface area contributed by atoms with Crippen LogP contribution in [-0.2, 0) is 11.8 Å². The summed E-state index contributed by atoms with van der Waals surface area (Å²) < 4.78 is 46.5. The molecule has 7 rings (SSSR count). The summed E-state index contributed by atoms with van der Waals surface area (Å²) in [6.07, 6.45) is 1.29. The van der Waals surface area contributed by atoms with E-state index in [1.807, 2.05) is 0 Å². The van der Waals surface area contributed by atoms with Crippen molar-refractivity contribution in [1.82, 2.24) is 4.98 Å². The van der Waals surface area contributed by atoms with Crippen LogP contribution in [0.25, 0.3) is 11.3 Å². The van der Waals surface area contributed by atoms with Crippen LogP contribution in [0.15, 0.2) is 18.2 Å². The highest BCUT2D eigenvalue weighted by molar-refractivity contribution is 7.16. The van der Waals surface area contributed by atoms with E-state index in [4.69, 9.17) is 10.5 Å². The van der Waals surface area contributed by atoms with Crippen molar-refractivity contribution in [3.05, 3.63) is 28.6 Å². The Kier molecular flexibility index (Phi) is 3.00. The maximum Gasteiger partial charge on any atom is 0.416 e. The van der Waals surface area contributed by atoms with Gasteiger partial charge in [0.2, 0.25) is 0 Å². The lowest BCUT2D eigenvalue weighted by Crippen LogP contribution is -2.59. The van der Waals surface area contributed by atoms with E-state index in [0.717, 1.165) is 60.2 Å². The summed E-state index contributed by atoms with van der Waals surface area (Å²) >= 11 is 1.46. The zero-order valence-corrected chi connectivity index (χ0v) is 15.4. The molecule has 0 saturated heterocycles. The van der Waals surface area contributed by atoms with Gasteiger partial charge < -0.3 is 10.5 Å². The number of benzene rings is 1. The Morgan fingerprint density at radius 3 is 2.37 bits per heavy atom. The number of rotatable bonds is 0. The first-order valence-electron chi connectivity index (χ1n) is 9.52. The second-order valence-electron chi connectivity index (χ2n) is 8.64. The zero-order valence-electron chi connectivity index (χ0n) is 14.6. The Labute approximate surface area is 158 Å². The molecule has 2 N–H and O–H groups in total. The van der Waals surface area contributed by atoms with Gasteiger partial charge in [-0.05, 0) is 62.1 Å². The minimum absolute atomic E-state index is 0.315. The molecule has 4 saturated carbocycles. The van der Waals surface area contributed by atoms with Crippen molar-refractivity contribution >= 4 is 16.5 Å². The summed E-state index contributed by atoms with van der Waals surface area (Å²) in [4.78, 5) is 5.57. The van der Waals surface area contributed by atoms with Crippen molar-refractivity contribution < 1.29 is 17.9 Å². The van der Waals surface area contributed by atoms with Crippen LogP contribution in [0.5, 0.6) is 5.75 Å². The molecule has 1 spiro atoms. The van der Waals surface area contributed by atoms with E-state index in [-0.39, 0.29) is 0 Å². The SMILES string of the molecule is Nc1nc2c(s1)C1(Oc3cc(C(F)(F)F)ccc3-2)C2CC3CC(C2)CC1C3. The number of fused-ring (bicyclic) bond motifs is 3. The van der Waals surface area contributed by atoms with Gasteiger partial charge in [0.15, 0.2) is 10.7 Å². The molecule has 27 heavy (non-hydrogen) atoms. The lowest BCUT2D eigenvalue weighted by atomic mass is 9.49. The zero-order chi connectivity index (χ0) is 18.6. The third kappa shape index (κ3) is 2.06. The number of alkyl halides is 3. The van der Waals surface area contributed by atoms with E-state index in [9.17, 15) is 13.2 Å². The fraction of sp³-hybridized carbons (Fsp3) is 0.550. The summed E-state index contributed by atoms with van der Waals surface area (Å²) in [5, 5.41) is 0.463. The van der Waals surface area contributed by atoms with Crippen LogP contribution >= 0.6 is 11.3 Å². The highest BCUT2D eigenvalue weighted by Crippen LogP contribution is 2.67. The molecule has 5 aliphatic rings. The lowest BCUT2D eigenvalue weighted by molar-refractivity contribution is -0.162. The van der Waals surface area contributed by atoms with Gasteiger partial charge in [-0.1, -0.05) is 11.3 Å². The molecule has 4 aliphatic carbocycles. The van der Waals surface area contributed by atoms with Gasteiger partial charge in [0, 0.05) is 17.4 Å². The molecule has 4 bridgehead atoms. The third-order valence-electron chi connectivity index (χ3n) is 7.19. The number of hydrogen-bond donors (Lipinski definition) is 1. The summed E-state index contributed by atoms with van der Waals surface area (Å²) in [5.41, 5.74) is 6.21. The van der Waals surface area contributed by atoms with Crippen molar-refractivity contribution in [3.8, 4) is 17.0 Å². The molecule has 142 valence electrons. The molecule has 1 aromatic heterocycles. The summed E-state index contributed by atoms with van der Waals surface area (Å²) in [7, 11) is 0. The molecule has 3 nitrogen and oxygen atoms in total. The molecule has 0 amide bonds. The van der Waals surface area contributed by atoms with Gasteiger partial charge >= 0.3 is 6.18 Å². The molecule has 2 heterocycles. The van der Waals surface area contributed by atoms with Gasteiger partial charge in [-0.25, -0.2) is 4.98 Å². The number of nitrogens with zero attached hydrogens (tertiary/aromatic N) is 1. The standard InChI is InChI=1S/C20H19F3N2OS/c21-20(22,23)11-1-2-14-15(8-11)26-19(17-16(14)25-18(24)27-17)12-4-9-3-10(6-12)7-13(19)5-9/h1-2,8-10,12-13H,3-7H2,(H2,24,25). The first kappa shape index (κ1) is 16.2. The summed E-state index contributed by atoms with van der Waals surface area (Å²) in [6, 6.07) is 3.75. The van der Waals surface area contributed by atoms with Gasteiger partial charge in [0.1, 0.15) is 5.75 Å². The minimum atomic E-state index is -4.39. The van der Waals surface area contributed by atoms with Crippen molar-refractivity contribution in [2.24, 2.45) is 23.7 Å². The second kappa shape index (κ2) is 4.99. The maximum atomic E-state index is 13.3. The fourth-order valence-electron chi connectivity index (χ4n) is 6.41. The Bertz CT molecular complexity index is 923. The van der Waals surface area contributed by atoms with E-state index >= 15 is 0 Å². The minimum Gasteiger partial charge on any atom is -0.480 e. The monoisotopic (exact) mass is 392 g/mol. The Balaban J connectivity index is 1.56. The number of hydrogen-bond acceptors (Lipinski definition) is 4. The van der Waals surface area contributed by atoms with Crippen LogP contribution in [0.3, 0.4) is 0 Å². The quantitative estimate of drug-likeness (QED) is 0.648. The van der Waals surface area contributed by atoms with Gasteiger partial charge in [-0.2, -0.15) is 13.2 Å². The summed E-state index contributed by atoms with van der Waals surface area (Å²) in [5.74, 6) is 2.47. The Hall–Kier alpha value is -1.76. The number of nitrogens with two attached hydrogens (primary N) is 1. The molecular formula is C20H19F3N2OS. The van der Waals surface area contributed by atoms with E-state index < -0.39 is 17.3 Å². The summed E-state index contributed by atoms with van der Waals surface area (Å²) in [6.45, 7) is 0. The topological polar surface area (TPSA) is 48.1 Å². The Morgan fingerprint density at radius 2 is 1.74 bits per heavy atom. The van der Waals surface area contributed by atoms with Crippen LogP contribution in [0, 0.1) is 23.7 Å². The first-order chi connectivity index (χ1) is 12.8. The molecule has 1 aromatic carbocycles. The molecule has 1 aliphatic heterocycles. The molecule has 4 fully saturated rings. The molecule has 2 aromatic rings. The first-order valence-corrected chi connectivity index (χ1v) is 10.3. The average Bonchev–Trinajstić information content (AvgIpc) is 2.99. The van der Waals surface area contributed by atoms with Gasteiger partial charge in [0.25, 0.3) is 0 Å². The van der Waals surface area contributed by atoms with E-state index in [1.54, 1.807) is 0 Å². The maximum absolute atomic E-state index is 13.3. The van der Waals surface area contributed by atoms with Crippen LogP contribution < -0.4 is 10.5 Å². The number of nitrogen functional groups attached to an aromatic ring is 1. The van der Waals surface area contributed by atoms with Gasteiger partial charge in [-0.15, -0.1) is 0 Å². The van der Waals surface area contributed by atoms with Gasteiger partial charge in [-0.3, -0.25) is 0 Å². The van der Waals surface area contributed by atoms with E-state index in [1.165, 1.54) is 23.8 Å². The molecular weight excluding hydrogens is 373 g/mol. The number of anilines is 1. The number of thiazole rings is 1. The van der Waals surface area contributed by atoms with Crippen molar-refractivity contribution in [2.75, 3.05) is 5.73 Å². The third-order valence-corrected chi connectivity index (χ3v) is 8.21. The predicted molar refractivity (Wildman–Crippen MR) is 96.3 cm³/mol. The second-order valence-corrected chi connectivity index (χ2v) is 9.67. The van der Waals surface area contributed by atoms with Gasteiger partial charge in [0.05, 0.1) is 16.1 Å². The van der Waals surface area contributed by atoms with E-state index in [0.29, 0.717) is 28.3 Å². The lowest BCUT2D eigenvalue weighted by Gasteiger charge is -2.61. The fourth-order valence-corrected chi connectivity index (χ4v) is 7.55. The largest absolute Gasteiger partial charge is 0.480 e. The molecule has 7 heteroatoms. The smallest absolute Gasteiger partial charge is 0.416 e. The normalized spacial score (nSPS) is 35.8. The predicted octanol–water partition coefficient (Wildman–Crippen LogP) is 5.45. The van der Waals surface area contributed by atoms with E-state index in [2.05, 4.69) is 4.98 Å². The number of aromatic nitrogens is 1. The number of halogens is 3. The van der Waals surface area contributed by atoms with Crippen LogP contribution in [0.4, 0.5) is 18.3 Å². The highest BCUT2D eigenvalue weighted by atomic mass is 32.1. The molecule has 0 radical (unpaired) electrons. The average molecular weight is 392 g/mol. The number of ether oxygens (including phenoxy) is 1. The van der Waals surface area contributed by atoms with Crippen LogP contribution in [0.2, 0.25) is 0 Å². The van der Waals surface area contributed by atoms with Crippen LogP contribution in [0.1, 0.15) is 42.5 Å².